The van der Waals surface area contributed by atoms with Crippen LogP contribution < -0.4 is 4.74 Å². The van der Waals surface area contributed by atoms with E-state index in [1.54, 1.807) is 18.2 Å². The monoisotopic (exact) mass is 314 g/mol. The first kappa shape index (κ1) is 14.5. The van der Waals surface area contributed by atoms with Crippen LogP contribution in [-0.4, -0.2) is 9.97 Å². The van der Waals surface area contributed by atoms with Crippen LogP contribution in [0.5, 0.6) is 5.75 Å². The predicted octanol–water partition coefficient (Wildman–Crippen LogP) is 4.52. The van der Waals surface area contributed by atoms with Crippen LogP contribution in [0, 0.1) is 5.82 Å². The summed E-state index contributed by atoms with van der Waals surface area (Å²) in [6, 6.07) is 15.9. The van der Waals surface area contributed by atoms with Crippen molar-refractivity contribution in [1.29, 1.82) is 0 Å². The third-order valence-corrected chi connectivity index (χ3v) is 3.31. The molecule has 0 spiro atoms. The SMILES string of the molecule is Fc1cc(-c2cc(Cl)ncn2)ccc1OCc1ccccc1. The summed E-state index contributed by atoms with van der Waals surface area (Å²) < 4.78 is 19.6. The van der Waals surface area contributed by atoms with E-state index in [2.05, 4.69) is 9.97 Å². The Morgan fingerprint density at radius 2 is 1.82 bits per heavy atom. The van der Waals surface area contributed by atoms with Gasteiger partial charge in [0.25, 0.3) is 0 Å². The first-order valence-electron chi connectivity index (χ1n) is 6.66. The molecule has 3 rings (SSSR count). The number of hydrogen-bond donors (Lipinski definition) is 0. The van der Waals surface area contributed by atoms with Crippen molar-refractivity contribution in [2.45, 2.75) is 6.61 Å². The Bertz CT molecular complexity index is 781. The molecule has 0 aliphatic carbocycles. The van der Waals surface area contributed by atoms with E-state index in [0.717, 1.165) is 5.56 Å². The molecule has 22 heavy (non-hydrogen) atoms. The van der Waals surface area contributed by atoms with E-state index >= 15 is 0 Å². The van der Waals surface area contributed by atoms with Crippen LogP contribution in [0.25, 0.3) is 11.3 Å². The third-order valence-electron chi connectivity index (χ3n) is 3.10. The van der Waals surface area contributed by atoms with Crippen LogP contribution in [-0.2, 0) is 6.61 Å². The largest absolute Gasteiger partial charge is 0.486 e. The van der Waals surface area contributed by atoms with Crippen LogP contribution >= 0.6 is 11.6 Å². The topological polar surface area (TPSA) is 35.0 Å². The second-order valence-electron chi connectivity index (χ2n) is 4.65. The number of rotatable bonds is 4. The highest BCUT2D eigenvalue weighted by atomic mass is 35.5. The molecule has 0 bridgehead atoms. The molecule has 110 valence electrons. The number of ether oxygens (including phenoxy) is 1. The Balaban J connectivity index is 1.78. The molecule has 3 nitrogen and oxygen atoms in total. The Morgan fingerprint density at radius 1 is 1.00 bits per heavy atom. The number of hydrogen-bond acceptors (Lipinski definition) is 3. The average molecular weight is 315 g/mol. The zero-order valence-corrected chi connectivity index (χ0v) is 12.3. The standard InChI is InChI=1S/C17H12ClFN2O/c18-17-9-15(20-11-21-17)13-6-7-16(14(19)8-13)22-10-12-4-2-1-3-5-12/h1-9,11H,10H2. The molecule has 0 N–H and O–H groups in total. The van der Waals surface area contributed by atoms with Gasteiger partial charge in [-0.15, -0.1) is 0 Å². The summed E-state index contributed by atoms with van der Waals surface area (Å²) in [4.78, 5) is 7.88. The Labute approximate surface area is 132 Å². The van der Waals surface area contributed by atoms with Gasteiger partial charge < -0.3 is 4.74 Å². The number of aromatic nitrogens is 2. The molecule has 5 heteroatoms. The van der Waals surface area contributed by atoms with E-state index in [1.807, 2.05) is 30.3 Å². The summed E-state index contributed by atoms with van der Waals surface area (Å²) in [7, 11) is 0. The molecule has 0 unspecified atom stereocenters. The van der Waals surface area contributed by atoms with Gasteiger partial charge in [0.05, 0.1) is 5.69 Å². The fourth-order valence-electron chi connectivity index (χ4n) is 2.00. The van der Waals surface area contributed by atoms with E-state index in [4.69, 9.17) is 16.3 Å². The van der Waals surface area contributed by atoms with Gasteiger partial charge in [-0.05, 0) is 23.8 Å². The first-order chi connectivity index (χ1) is 10.7. The molecule has 1 aromatic heterocycles. The maximum absolute atomic E-state index is 14.1. The summed E-state index contributed by atoms with van der Waals surface area (Å²) in [5, 5.41) is 0.315. The minimum absolute atomic E-state index is 0.202. The Kier molecular flexibility index (Phi) is 4.30. The van der Waals surface area contributed by atoms with Crippen LogP contribution in [0.15, 0.2) is 60.9 Å². The molecule has 0 aliphatic heterocycles. The van der Waals surface area contributed by atoms with E-state index in [9.17, 15) is 4.39 Å². The van der Waals surface area contributed by atoms with Crippen molar-refractivity contribution in [2.24, 2.45) is 0 Å². The van der Waals surface area contributed by atoms with Crippen molar-refractivity contribution in [3.05, 3.63) is 77.5 Å². The molecule has 1 heterocycles. The molecule has 3 aromatic rings. The van der Waals surface area contributed by atoms with Crippen molar-refractivity contribution >= 4 is 11.6 Å². The second kappa shape index (κ2) is 6.54. The maximum Gasteiger partial charge on any atom is 0.165 e. The quantitative estimate of drug-likeness (QED) is 0.664. The van der Waals surface area contributed by atoms with Crippen LogP contribution in [0.4, 0.5) is 4.39 Å². The molecule has 0 saturated heterocycles. The fraction of sp³-hybridized carbons (Fsp3) is 0.0588. The van der Waals surface area contributed by atoms with Crippen molar-refractivity contribution in [3.8, 4) is 17.0 Å². The van der Waals surface area contributed by atoms with Crippen molar-refractivity contribution < 1.29 is 9.13 Å². The van der Waals surface area contributed by atoms with E-state index in [1.165, 1.54) is 12.4 Å². The number of nitrogens with zero attached hydrogens (tertiary/aromatic N) is 2. The summed E-state index contributed by atoms with van der Waals surface area (Å²) in [5.41, 5.74) is 2.16. The predicted molar refractivity (Wildman–Crippen MR) is 83.2 cm³/mol. The van der Waals surface area contributed by atoms with Gasteiger partial charge in [0, 0.05) is 11.6 Å². The normalized spacial score (nSPS) is 10.5. The summed E-state index contributed by atoms with van der Waals surface area (Å²) in [5.74, 6) is -0.240. The van der Waals surface area contributed by atoms with E-state index < -0.39 is 5.82 Å². The molecule has 0 radical (unpaired) electrons. The lowest BCUT2D eigenvalue weighted by Crippen LogP contribution is -1.97. The molecule has 2 aromatic carbocycles. The minimum atomic E-state index is -0.442. The lowest BCUT2D eigenvalue weighted by Gasteiger charge is -2.09. The summed E-state index contributed by atoms with van der Waals surface area (Å²) >= 11 is 5.81. The second-order valence-corrected chi connectivity index (χ2v) is 5.03. The highest BCUT2D eigenvalue weighted by Gasteiger charge is 2.08. The van der Waals surface area contributed by atoms with E-state index in [-0.39, 0.29) is 5.75 Å². The van der Waals surface area contributed by atoms with Crippen molar-refractivity contribution in [2.75, 3.05) is 0 Å². The number of halogens is 2. The molecule has 0 saturated carbocycles. The van der Waals surface area contributed by atoms with Crippen LogP contribution in [0.1, 0.15) is 5.56 Å². The van der Waals surface area contributed by atoms with Gasteiger partial charge >= 0.3 is 0 Å². The van der Waals surface area contributed by atoms with Gasteiger partial charge in [-0.2, -0.15) is 0 Å². The molecule has 0 fully saturated rings. The molecule has 0 amide bonds. The maximum atomic E-state index is 14.1. The lowest BCUT2D eigenvalue weighted by atomic mass is 10.1. The minimum Gasteiger partial charge on any atom is -0.486 e. The van der Waals surface area contributed by atoms with Gasteiger partial charge in [-0.25, -0.2) is 14.4 Å². The number of benzene rings is 2. The van der Waals surface area contributed by atoms with Gasteiger partial charge in [-0.3, -0.25) is 0 Å². The highest BCUT2D eigenvalue weighted by molar-refractivity contribution is 6.29. The molecule has 0 aliphatic rings. The molecular formula is C17H12ClFN2O. The van der Waals surface area contributed by atoms with Crippen molar-refractivity contribution in [3.63, 3.8) is 0 Å². The fourth-order valence-corrected chi connectivity index (χ4v) is 2.15. The third kappa shape index (κ3) is 3.40. The van der Waals surface area contributed by atoms with Crippen LogP contribution in [0.2, 0.25) is 5.15 Å². The average Bonchev–Trinajstić information content (AvgIpc) is 2.54. The summed E-state index contributed by atoms with van der Waals surface area (Å²) in [6.45, 7) is 0.316. The highest BCUT2D eigenvalue weighted by Crippen LogP contribution is 2.25. The zero-order chi connectivity index (χ0) is 15.4. The summed E-state index contributed by atoms with van der Waals surface area (Å²) in [6.07, 6.45) is 1.34. The van der Waals surface area contributed by atoms with E-state index in [0.29, 0.717) is 23.0 Å². The first-order valence-corrected chi connectivity index (χ1v) is 7.04. The Hall–Kier alpha value is -2.46. The van der Waals surface area contributed by atoms with Gasteiger partial charge in [0.1, 0.15) is 18.1 Å². The van der Waals surface area contributed by atoms with Gasteiger partial charge in [-0.1, -0.05) is 41.9 Å². The zero-order valence-electron chi connectivity index (χ0n) is 11.5. The Morgan fingerprint density at radius 3 is 2.55 bits per heavy atom. The molecular weight excluding hydrogens is 303 g/mol. The van der Waals surface area contributed by atoms with Gasteiger partial charge in [0.2, 0.25) is 0 Å². The lowest BCUT2D eigenvalue weighted by molar-refractivity contribution is 0.290. The van der Waals surface area contributed by atoms with Crippen molar-refractivity contribution in [1.82, 2.24) is 9.97 Å². The smallest absolute Gasteiger partial charge is 0.165 e. The molecule has 0 atom stereocenters. The van der Waals surface area contributed by atoms with Gasteiger partial charge in [0.15, 0.2) is 11.6 Å². The van der Waals surface area contributed by atoms with Crippen LogP contribution in [0.3, 0.4) is 0 Å².